The van der Waals surface area contributed by atoms with Gasteiger partial charge in [-0.15, -0.1) is 0 Å². The van der Waals surface area contributed by atoms with Gasteiger partial charge in [-0.05, 0) is 5.56 Å². The van der Waals surface area contributed by atoms with Crippen LogP contribution in [0.1, 0.15) is 11.7 Å². The highest BCUT2D eigenvalue weighted by molar-refractivity contribution is 5.80. The first-order valence-corrected chi connectivity index (χ1v) is 5.62. The van der Waals surface area contributed by atoms with Gasteiger partial charge < -0.3 is 14.6 Å². The molecule has 0 aliphatic carbocycles. The molecular weight excluding hydrogens is 232 g/mol. The Morgan fingerprint density at radius 1 is 1.28 bits per heavy atom. The maximum absolute atomic E-state index is 10.4. The van der Waals surface area contributed by atoms with E-state index in [1.54, 1.807) is 7.11 Å². The lowest BCUT2D eigenvalue weighted by molar-refractivity contribution is -0.0494. The van der Waals surface area contributed by atoms with Gasteiger partial charge in [-0.25, -0.2) is 0 Å². The third-order valence-corrected chi connectivity index (χ3v) is 2.89. The van der Waals surface area contributed by atoms with Crippen LogP contribution in [0.2, 0.25) is 0 Å². The van der Waals surface area contributed by atoms with E-state index in [-0.39, 0.29) is 0 Å². The zero-order valence-corrected chi connectivity index (χ0v) is 10.4. The first kappa shape index (κ1) is 12.9. The van der Waals surface area contributed by atoms with E-state index in [1.807, 2.05) is 30.3 Å². The van der Waals surface area contributed by atoms with Crippen LogP contribution < -0.4 is 0 Å². The summed E-state index contributed by atoms with van der Waals surface area (Å²) in [5, 5.41) is 10.4. The Hall–Kier alpha value is -1.56. The van der Waals surface area contributed by atoms with Crippen LogP contribution in [0.4, 0.5) is 0 Å². The number of aliphatic imine (C=N–C) groups is 2. The van der Waals surface area contributed by atoms with Gasteiger partial charge in [-0.1, -0.05) is 30.3 Å². The summed E-state index contributed by atoms with van der Waals surface area (Å²) in [5.74, 6) is 0. The van der Waals surface area contributed by atoms with Crippen molar-refractivity contribution in [1.82, 2.24) is 0 Å². The van der Waals surface area contributed by atoms with Gasteiger partial charge >= 0.3 is 0 Å². The summed E-state index contributed by atoms with van der Waals surface area (Å²) in [6.07, 6.45) is 1.67. The number of hydrogen-bond acceptors (Lipinski definition) is 5. The molecule has 1 aromatic carbocycles. The molecule has 0 bridgehead atoms. The number of rotatable bonds is 4. The standard InChI is InChI=1S/C13H16N2O3/c1-17-11-8-15-13(18-2,9-14-11)12(16)10-6-4-3-5-7-10/h3-9,11-12,16H,1-2H3. The summed E-state index contributed by atoms with van der Waals surface area (Å²) in [5.41, 5.74) is -0.463. The molecule has 0 fully saturated rings. The van der Waals surface area contributed by atoms with Crippen LogP contribution in [0.15, 0.2) is 40.3 Å². The lowest BCUT2D eigenvalue weighted by Crippen LogP contribution is -2.42. The average molecular weight is 248 g/mol. The van der Waals surface area contributed by atoms with E-state index in [0.29, 0.717) is 0 Å². The molecule has 1 heterocycles. The van der Waals surface area contributed by atoms with Crippen LogP contribution >= 0.6 is 0 Å². The van der Waals surface area contributed by atoms with Gasteiger partial charge in [0.1, 0.15) is 6.10 Å². The van der Waals surface area contributed by atoms with Gasteiger partial charge in [-0.2, -0.15) is 0 Å². The SMILES string of the molecule is COC1C=NC(OC)(C(O)c2ccccc2)C=N1. The van der Waals surface area contributed by atoms with Crippen LogP contribution in [0.3, 0.4) is 0 Å². The van der Waals surface area contributed by atoms with Crippen LogP contribution in [-0.2, 0) is 9.47 Å². The molecule has 1 aliphatic heterocycles. The van der Waals surface area contributed by atoms with Crippen molar-refractivity contribution in [2.75, 3.05) is 14.2 Å². The Balaban J connectivity index is 2.27. The molecule has 0 radical (unpaired) electrons. The van der Waals surface area contributed by atoms with Crippen LogP contribution in [0.5, 0.6) is 0 Å². The lowest BCUT2D eigenvalue weighted by atomic mass is 9.99. The van der Waals surface area contributed by atoms with Crippen molar-refractivity contribution in [1.29, 1.82) is 0 Å². The second-order valence-electron chi connectivity index (χ2n) is 3.95. The maximum atomic E-state index is 10.4. The second kappa shape index (κ2) is 5.39. The van der Waals surface area contributed by atoms with E-state index in [1.165, 1.54) is 19.5 Å². The number of nitrogens with zero attached hydrogens (tertiary/aromatic N) is 2. The Kier molecular flexibility index (Phi) is 3.86. The smallest absolute Gasteiger partial charge is 0.224 e. The minimum atomic E-state index is -1.18. The van der Waals surface area contributed by atoms with Crippen molar-refractivity contribution in [2.45, 2.75) is 18.1 Å². The molecular formula is C13H16N2O3. The number of ether oxygens (including phenoxy) is 2. The van der Waals surface area contributed by atoms with Crippen molar-refractivity contribution < 1.29 is 14.6 Å². The van der Waals surface area contributed by atoms with E-state index < -0.39 is 18.1 Å². The minimum absolute atomic E-state index is 0.420. The first-order chi connectivity index (χ1) is 8.72. The van der Waals surface area contributed by atoms with E-state index in [9.17, 15) is 5.11 Å². The third kappa shape index (κ3) is 2.33. The van der Waals surface area contributed by atoms with Crippen LogP contribution in [-0.4, -0.2) is 43.7 Å². The van der Waals surface area contributed by atoms with E-state index in [0.717, 1.165) is 5.56 Å². The predicted molar refractivity (Wildman–Crippen MR) is 68.9 cm³/mol. The Bertz CT molecular complexity index is 431. The monoisotopic (exact) mass is 248 g/mol. The molecule has 0 spiro atoms. The van der Waals surface area contributed by atoms with Crippen molar-refractivity contribution in [3.05, 3.63) is 35.9 Å². The molecule has 1 aliphatic rings. The molecule has 0 amide bonds. The first-order valence-electron chi connectivity index (χ1n) is 5.62. The summed E-state index contributed by atoms with van der Waals surface area (Å²) >= 11 is 0. The predicted octanol–water partition coefficient (Wildman–Crippen LogP) is 1.19. The van der Waals surface area contributed by atoms with Gasteiger partial charge in [0.15, 0.2) is 6.23 Å². The molecule has 96 valence electrons. The van der Waals surface area contributed by atoms with Gasteiger partial charge in [0, 0.05) is 14.2 Å². The van der Waals surface area contributed by atoms with Gasteiger partial charge in [0.25, 0.3) is 0 Å². The van der Waals surface area contributed by atoms with Crippen molar-refractivity contribution in [2.24, 2.45) is 9.98 Å². The summed E-state index contributed by atoms with van der Waals surface area (Å²) in [4.78, 5) is 8.37. The molecule has 0 saturated carbocycles. The van der Waals surface area contributed by atoms with Crippen molar-refractivity contribution in [3.63, 3.8) is 0 Å². The summed E-state index contributed by atoms with van der Waals surface area (Å²) in [7, 11) is 3.03. The van der Waals surface area contributed by atoms with Gasteiger partial charge in [0.05, 0.1) is 12.4 Å². The highest BCUT2D eigenvalue weighted by atomic mass is 16.5. The Labute approximate surface area is 106 Å². The molecule has 18 heavy (non-hydrogen) atoms. The summed E-state index contributed by atoms with van der Waals surface area (Å²) in [6, 6.07) is 9.22. The second-order valence-corrected chi connectivity index (χ2v) is 3.95. The molecule has 3 unspecified atom stereocenters. The molecule has 5 heteroatoms. The normalized spacial score (nSPS) is 28.3. The molecule has 1 aromatic rings. The molecule has 1 N–H and O–H groups in total. The van der Waals surface area contributed by atoms with Crippen LogP contribution in [0, 0.1) is 0 Å². The fourth-order valence-electron chi connectivity index (χ4n) is 1.79. The quantitative estimate of drug-likeness (QED) is 0.870. The van der Waals surface area contributed by atoms with Crippen molar-refractivity contribution >= 4 is 12.4 Å². The Morgan fingerprint density at radius 2 is 2.00 bits per heavy atom. The van der Waals surface area contributed by atoms with E-state index in [2.05, 4.69) is 9.98 Å². The fourth-order valence-corrected chi connectivity index (χ4v) is 1.79. The highest BCUT2D eigenvalue weighted by Crippen LogP contribution is 2.30. The number of aliphatic hydroxyl groups excluding tert-OH is 1. The molecule has 3 atom stereocenters. The third-order valence-electron chi connectivity index (χ3n) is 2.89. The molecule has 0 aromatic heterocycles. The van der Waals surface area contributed by atoms with E-state index in [4.69, 9.17) is 9.47 Å². The zero-order valence-electron chi connectivity index (χ0n) is 10.4. The van der Waals surface area contributed by atoms with Crippen molar-refractivity contribution in [3.8, 4) is 0 Å². The average Bonchev–Trinajstić information content (AvgIpc) is 2.47. The molecule has 0 saturated heterocycles. The number of aliphatic hydroxyl groups is 1. The fraction of sp³-hybridized carbons (Fsp3) is 0.385. The van der Waals surface area contributed by atoms with E-state index >= 15 is 0 Å². The number of methoxy groups -OCH3 is 2. The number of benzene rings is 1. The highest BCUT2D eigenvalue weighted by Gasteiger charge is 2.39. The van der Waals surface area contributed by atoms with Gasteiger partial charge in [0.2, 0.25) is 5.72 Å². The maximum Gasteiger partial charge on any atom is 0.224 e. The largest absolute Gasteiger partial charge is 0.383 e. The van der Waals surface area contributed by atoms with Gasteiger partial charge in [-0.3, -0.25) is 9.98 Å². The molecule has 5 nitrogen and oxygen atoms in total. The van der Waals surface area contributed by atoms with Crippen LogP contribution in [0.25, 0.3) is 0 Å². The summed E-state index contributed by atoms with van der Waals surface area (Å²) < 4.78 is 10.4. The minimum Gasteiger partial charge on any atom is -0.383 e. The lowest BCUT2D eigenvalue weighted by Gasteiger charge is -2.32. The Morgan fingerprint density at radius 3 is 2.50 bits per heavy atom. The number of hydrogen-bond donors (Lipinski definition) is 1. The summed E-state index contributed by atoms with van der Waals surface area (Å²) in [6.45, 7) is 0. The molecule has 2 rings (SSSR count). The zero-order chi connectivity index (χ0) is 13.0. The topological polar surface area (TPSA) is 63.4 Å².